The Labute approximate surface area is 99.1 Å². The van der Waals surface area contributed by atoms with Gasteiger partial charge in [-0.1, -0.05) is 17.7 Å². The molecule has 0 spiro atoms. The molecule has 0 fully saturated rings. The average Bonchev–Trinajstić information content (AvgIpc) is 2.31. The van der Waals surface area contributed by atoms with Gasteiger partial charge in [0.15, 0.2) is 6.29 Å². The Kier molecular flexibility index (Phi) is 4.73. The fraction of sp³-hybridized carbons (Fsp3) is 0.364. The van der Waals surface area contributed by atoms with E-state index in [9.17, 15) is 4.79 Å². The summed E-state index contributed by atoms with van der Waals surface area (Å²) in [4.78, 5) is 11.2. The molecule has 0 aliphatic heterocycles. The minimum Gasteiger partial charge on any atom is -0.465 e. The normalized spacial score (nSPS) is 10.6. The van der Waals surface area contributed by atoms with Gasteiger partial charge in [-0.25, -0.2) is 4.79 Å². The van der Waals surface area contributed by atoms with Crippen molar-refractivity contribution < 1.29 is 19.0 Å². The molecule has 0 aliphatic carbocycles. The highest BCUT2D eigenvalue weighted by Crippen LogP contribution is 2.26. The number of hydrogen-bond acceptors (Lipinski definition) is 4. The zero-order chi connectivity index (χ0) is 12.1. The van der Waals surface area contributed by atoms with Gasteiger partial charge in [-0.15, -0.1) is 0 Å². The lowest BCUT2D eigenvalue weighted by Crippen LogP contribution is -2.06. The summed E-state index contributed by atoms with van der Waals surface area (Å²) in [6, 6.07) is 4.80. The Bertz CT molecular complexity index is 374. The molecule has 0 radical (unpaired) electrons. The molecule has 0 unspecified atom stereocenters. The molecule has 1 aromatic rings. The summed E-state index contributed by atoms with van der Waals surface area (Å²) in [7, 11) is 4.34. The largest absolute Gasteiger partial charge is 0.465 e. The van der Waals surface area contributed by atoms with Crippen molar-refractivity contribution in [3.05, 3.63) is 34.3 Å². The monoisotopic (exact) mass is 244 g/mol. The molecule has 4 nitrogen and oxygen atoms in total. The first-order valence-electron chi connectivity index (χ1n) is 4.57. The van der Waals surface area contributed by atoms with E-state index >= 15 is 0 Å². The predicted octanol–water partition coefficient (Wildman–Crippen LogP) is 2.42. The summed E-state index contributed by atoms with van der Waals surface area (Å²) < 4.78 is 14.7. The Morgan fingerprint density at radius 1 is 1.25 bits per heavy atom. The van der Waals surface area contributed by atoms with E-state index in [0.29, 0.717) is 16.1 Å². The molecule has 0 N–H and O–H groups in total. The van der Waals surface area contributed by atoms with Gasteiger partial charge in [-0.2, -0.15) is 0 Å². The van der Waals surface area contributed by atoms with E-state index in [1.807, 2.05) is 0 Å². The molecule has 0 aliphatic rings. The number of methoxy groups -OCH3 is 3. The number of rotatable bonds is 4. The number of hydrogen-bond donors (Lipinski definition) is 0. The number of carbonyl (C=O) groups is 1. The van der Waals surface area contributed by atoms with Crippen molar-refractivity contribution in [2.45, 2.75) is 6.29 Å². The zero-order valence-electron chi connectivity index (χ0n) is 9.32. The summed E-state index contributed by atoms with van der Waals surface area (Å²) in [6.07, 6.45) is -0.542. The molecule has 0 heterocycles. The number of carbonyl (C=O) groups excluding carboxylic acids is 1. The van der Waals surface area contributed by atoms with Gasteiger partial charge < -0.3 is 14.2 Å². The van der Waals surface area contributed by atoms with Crippen molar-refractivity contribution in [3.63, 3.8) is 0 Å². The molecule has 0 saturated heterocycles. The Balaban J connectivity index is 3.04. The topological polar surface area (TPSA) is 44.8 Å². The van der Waals surface area contributed by atoms with Gasteiger partial charge in [-0.3, -0.25) is 0 Å². The lowest BCUT2D eigenvalue weighted by atomic mass is 10.1. The summed E-state index contributed by atoms with van der Waals surface area (Å²) in [5, 5.41) is 0.400. The summed E-state index contributed by atoms with van der Waals surface area (Å²) in [5.41, 5.74) is 1.06. The highest BCUT2D eigenvalue weighted by molar-refractivity contribution is 6.31. The van der Waals surface area contributed by atoms with Crippen LogP contribution in [0.25, 0.3) is 0 Å². The van der Waals surface area contributed by atoms with Gasteiger partial charge in [-0.05, 0) is 12.1 Å². The molecular weight excluding hydrogens is 232 g/mol. The highest BCUT2D eigenvalue weighted by Gasteiger charge is 2.15. The van der Waals surface area contributed by atoms with Crippen LogP contribution in [0.5, 0.6) is 0 Å². The van der Waals surface area contributed by atoms with Crippen LogP contribution >= 0.6 is 11.6 Å². The summed E-state index contributed by atoms with van der Waals surface area (Å²) in [6.45, 7) is 0. The third-order valence-corrected chi connectivity index (χ3v) is 2.43. The SMILES string of the molecule is COC(=O)c1ccc(C(OC)OC)c(Cl)c1. The third-order valence-electron chi connectivity index (χ3n) is 2.10. The molecule has 1 rings (SSSR count). The van der Waals surface area contributed by atoms with Crippen LogP contribution in [0, 0.1) is 0 Å². The lowest BCUT2D eigenvalue weighted by Gasteiger charge is -2.15. The second-order valence-electron chi connectivity index (χ2n) is 3.03. The van der Waals surface area contributed by atoms with Crippen LogP contribution in [0.1, 0.15) is 22.2 Å². The number of halogens is 1. The molecule has 5 heteroatoms. The van der Waals surface area contributed by atoms with E-state index in [1.54, 1.807) is 12.1 Å². The van der Waals surface area contributed by atoms with Crippen molar-refractivity contribution in [1.82, 2.24) is 0 Å². The maximum Gasteiger partial charge on any atom is 0.337 e. The van der Waals surface area contributed by atoms with Crippen LogP contribution in [0.15, 0.2) is 18.2 Å². The first-order chi connectivity index (χ1) is 7.63. The van der Waals surface area contributed by atoms with E-state index in [1.165, 1.54) is 27.4 Å². The van der Waals surface area contributed by atoms with Crippen LogP contribution < -0.4 is 0 Å². The van der Waals surface area contributed by atoms with Crippen LogP contribution in [0.3, 0.4) is 0 Å². The van der Waals surface area contributed by atoms with E-state index in [-0.39, 0.29) is 0 Å². The standard InChI is InChI=1S/C11H13ClO4/c1-14-10(13)7-4-5-8(9(12)6-7)11(15-2)16-3/h4-6,11H,1-3H3. The summed E-state index contributed by atoms with van der Waals surface area (Å²) >= 11 is 6.01. The number of esters is 1. The van der Waals surface area contributed by atoms with Gasteiger partial charge in [0.1, 0.15) is 0 Å². The Hall–Kier alpha value is -1.10. The fourth-order valence-corrected chi connectivity index (χ4v) is 1.58. The minimum atomic E-state index is -0.542. The second-order valence-corrected chi connectivity index (χ2v) is 3.44. The van der Waals surface area contributed by atoms with Gasteiger partial charge in [0.05, 0.1) is 12.7 Å². The van der Waals surface area contributed by atoms with E-state index < -0.39 is 12.3 Å². The molecule has 16 heavy (non-hydrogen) atoms. The van der Waals surface area contributed by atoms with Crippen molar-refractivity contribution >= 4 is 17.6 Å². The molecule has 88 valence electrons. The van der Waals surface area contributed by atoms with Crippen molar-refractivity contribution in [3.8, 4) is 0 Å². The Morgan fingerprint density at radius 2 is 1.88 bits per heavy atom. The van der Waals surface area contributed by atoms with Crippen molar-refractivity contribution in [2.24, 2.45) is 0 Å². The minimum absolute atomic E-state index is 0.391. The van der Waals surface area contributed by atoms with Gasteiger partial charge in [0.2, 0.25) is 0 Å². The zero-order valence-corrected chi connectivity index (χ0v) is 10.1. The predicted molar refractivity (Wildman–Crippen MR) is 59.6 cm³/mol. The molecule has 0 amide bonds. The van der Waals surface area contributed by atoms with E-state index in [4.69, 9.17) is 21.1 Å². The molecular formula is C11H13ClO4. The molecule has 0 saturated carbocycles. The average molecular weight is 245 g/mol. The first kappa shape index (κ1) is 13.0. The Morgan fingerprint density at radius 3 is 2.31 bits per heavy atom. The van der Waals surface area contributed by atoms with Crippen molar-refractivity contribution in [2.75, 3.05) is 21.3 Å². The highest BCUT2D eigenvalue weighted by atomic mass is 35.5. The van der Waals surface area contributed by atoms with Crippen LogP contribution in [-0.4, -0.2) is 27.3 Å². The second kappa shape index (κ2) is 5.84. The number of ether oxygens (including phenoxy) is 3. The molecule has 0 bridgehead atoms. The molecule has 1 aromatic carbocycles. The maximum atomic E-state index is 11.2. The maximum absolute atomic E-state index is 11.2. The van der Waals surface area contributed by atoms with Crippen LogP contribution in [0.4, 0.5) is 0 Å². The van der Waals surface area contributed by atoms with Crippen LogP contribution in [-0.2, 0) is 14.2 Å². The van der Waals surface area contributed by atoms with Gasteiger partial charge >= 0.3 is 5.97 Å². The smallest absolute Gasteiger partial charge is 0.337 e. The third kappa shape index (κ3) is 2.72. The van der Waals surface area contributed by atoms with E-state index in [0.717, 1.165) is 0 Å². The quantitative estimate of drug-likeness (QED) is 0.603. The number of benzene rings is 1. The summed E-state index contributed by atoms with van der Waals surface area (Å²) in [5.74, 6) is -0.431. The van der Waals surface area contributed by atoms with Gasteiger partial charge in [0, 0.05) is 24.8 Å². The van der Waals surface area contributed by atoms with Gasteiger partial charge in [0.25, 0.3) is 0 Å². The van der Waals surface area contributed by atoms with Crippen LogP contribution in [0.2, 0.25) is 5.02 Å². The fourth-order valence-electron chi connectivity index (χ4n) is 1.31. The van der Waals surface area contributed by atoms with Crippen molar-refractivity contribution in [1.29, 1.82) is 0 Å². The lowest BCUT2D eigenvalue weighted by molar-refractivity contribution is -0.105. The van der Waals surface area contributed by atoms with E-state index in [2.05, 4.69) is 4.74 Å². The molecule has 0 atom stereocenters. The molecule has 0 aromatic heterocycles. The first-order valence-corrected chi connectivity index (χ1v) is 4.95.